The maximum atomic E-state index is 5.90. The molecule has 0 aliphatic heterocycles. The maximum Gasteiger partial charge on any atom is 0.221 e. The topological polar surface area (TPSA) is 47.0 Å². The van der Waals surface area contributed by atoms with Gasteiger partial charge in [0.1, 0.15) is 6.61 Å². The van der Waals surface area contributed by atoms with Gasteiger partial charge in [0.05, 0.1) is 0 Å². The van der Waals surface area contributed by atoms with Crippen molar-refractivity contribution in [1.29, 1.82) is 0 Å². The lowest BCUT2D eigenvalue weighted by molar-refractivity contribution is 0.297. The third-order valence-corrected chi connectivity index (χ3v) is 3.80. The van der Waals surface area contributed by atoms with Gasteiger partial charge in [0, 0.05) is 46.7 Å². The number of hydrogen-bond acceptors (Lipinski definition) is 4. The van der Waals surface area contributed by atoms with Gasteiger partial charge >= 0.3 is 0 Å². The molecule has 1 N–H and O–H groups in total. The van der Waals surface area contributed by atoms with Crippen molar-refractivity contribution in [3.05, 3.63) is 60.6 Å². The zero-order chi connectivity index (χ0) is 14.8. The van der Waals surface area contributed by atoms with Crippen LogP contribution in [0.1, 0.15) is 18.4 Å². The fraction of sp³-hybridized carbons (Fsp3) is 0.222. The molecule has 4 heteroatoms. The van der Waals surface area contributed by atoms with Crippen LogP contribution in [0.25, 0.3) is 10.8 Å². The van der Waals surface area contributed by atoms with Crippen molar-refractivity contribution < 1.29 is 4.74 Å². The number of fused-ring (bicyclic) bond motifs is 1. The zero-order valence-corrected chi connectivity index (χ0v) is 12.2. The highest BCUT2D eigenvalue weighted by atomic mass is 16.5. The third-order valence-electron chi connectivity index (χ3n) is 3.80. The molecule has 1 aliphatic carbocycles. The van der Waals surface area contributed by atoms with Gasteiger partial charge < -0.3 is 10.1 Å². The summed E-state index contributed by atoms with van der Waals surface area (Å²) in [6, 6.07) is 12.8. The fourth-order valence-electron chi connectivity index (χ4n) is 2.50. The second kappa shape index (κ2) is 5.64. The molecule has 2 aromatic heterocycles. The summed E-state index contributed by atoms with van der Waals surface area (Å²) in [5.74, 6) is 0.667. The smallest absolute Gasteiger partial charge is 0.221 e. The van der Waals surface area contributed by atoms with Crippen LogP contribution in [-0.4, -0.2) is 16.0 Å². The van der Waals surface area contributed by atoms with E-state index in [4.69, 9.17) is 4.74 Å². The molecular weight excluding hydrogens is 274 g/mol. The Morgan fingerprint density at radius 1 is 1.05 bits per heavy atom. The normalized spacial score (nSPS) is 14.0. The van der Waals surface area contributed by atoms with Gasteiger partial charge in [0.25, 0.3) is 0 Å². The van der Waals surface area contributed by atoms with Crippen LogP contribution in [0.4, 0.5) is 5.69 Å². The first-order valence-electron chi connectivity index (χ1n) is 7.56. The number of aromatic nitrogens is 2. The number of nitrogens with zero attached hydrogens (tertiary/aromatic N) is 2. The van der Waals surface area contributed by atoms with Gasteiger partial charge in [-0.25, -0.2) is 4.98 Å². The summed E-state index contributed by atoms with van der Waals surface area (Å²) in [7, 11) is 0. The van der Waals surface area contributed by atoms with Crippen LogP contribution < -0.4 is 10.1 Å². The molecular formula is C18H17N3O. The molecule has 0 radical (unpaired) electrons. The highest BCUT2D eigenvalue weighted by Crippen LogP contribution is 2.32. The van der Waals surface area contributed by atoms with E-state index in [9.17, 15) is 0 Å². The van der Waals surface area contributed by atoms with Crippen LogP contribution in [0, 0.1) is 0 Å². The summed E-state index contributed by atoms with van der Waals surface area (Å²) in [5.41, 5.74) is 2.20. The predicted molar refractivity (Wildman–Crippen MR) is 87.0 cm³/mol. The third kappa shape index (κ3) is 2.72. The Morgan fingerprint density at radius 2 is 2.00 bits per heavy atom. The zero-order valence-electron chi connectivity index (χ0n) is 12.2. The van der Waals surface area contributed by atoms with Crippen LogP contribution in [0.5, 0.6) is 5.88 Å². The van der Waals surface area contributed by atoms with E-state index in [1.54, 1.807) is 12.4 Å². The second-order valence-corrected chi connectivity index (χ2v) is 5.59. The number of hydrogen-bond donors (Lipinski definition) is 1. The average Bonchev–Trinajstić information content (AvgIpc) is 3.38. The molecule has 4 nitrogen and oxygen atoms in total. The first-order chi connectivity index (χ1) is 10.9. The Balaban J connectivity index is 1.63. The van der Waals surface area contributed by atoms with E-state index < -0.39 is 0 Å². The van der Waals surface area contributed by atoms with Gasteiger partial charge in [-0.15, -0.1) is 0 Å². The number of pyridine rings is 2. The first-order valence-corrected chi connectivity index (χ1v) is 7.56. The van der Waals surface area contributed by atoms with Crippen molar-refractivity contribution in [2.75, 3.05) is 5.32 Å². The quantitative estimate of drug-likeness (QED) is 0.777. The van der Waals surface area contributed by atoms with Crippen LogP contribution in [0.3, 0.4) is 0 Å². The molecule has 0 spiro atoms. The highest BCUT2D eigenvalue weighted by Gasteiger charge is 2.21. The van der Waals surface area contributed by atoms with Crippen molar-refractivity contribution in [2.45, 2.75) is 25.5 Å². The number of rotatable bonds is 5. The molecule has 3 aromatic rings. The molecule has 0 atom stereocenters. The lowest BCUT2D eigenvalue weighted by Crippen LogP contribution is -2.02. The lowest BCUT2D eigenvalue weighted by Gasteiger charge is -2.12. The number of nitrogens with one attached hydrogen (secondary N) is 1. The fourth-order valence-corrected chi connectivity index (χ4v) is 2.50. The molecule has 0 unspecified atom stereocenters. The molecule has 1 saturated carbocycles. The molecule has 4 rings (SSSR count). The molecule has 110 valence electrons. The van der Waals surface area contributed by atoms with E-state index in [1.165, 1.54) is 12.8 Å². The Hall–Kier alpha value is -2.62. The van der Waals surface area contributed by atoms with E-state index in [0.717, 1.165) is 22.0 Å². The molecule has 0 saturated heterocycles. The van der Waals surface area contributed by atoms with E-state index in [0.29, 0.717) is 18.5 Å². The van der Waals surface area contributed by atoms with Gasteiger partial charge in [0.2, 0.25) is 5.88 Å². The van der Waals surface area contributed by atoms with E-state index >= 15 is 0 Å². The summed E-state index contributed by atoms with van der Waals surface area (Å²) in [6.45, 7) is 0.472. The first kappa shape index (κ1) is 13.1. The summed E-state index contributed by atoms with van der Waals surface area (Å²) < 4.78 is 5.90. The molecule has 22 heavy (non-hydrogen) atoms. The Bertz CT molecular complexity index is 785. The van der Waals surface area contributed by atoms with Crippen molar-refractivity contribution in [2.24, 2.45) is 0 Å². The van der Waals surface area contributed by atoms with E-state index in [1.807, 2.05) is 30.5 Å². The van der Waals surface area contributed by atoms with Gasteiger partial charge in [0.15, 0.2) is 0 Å². The minimum atomic E-state index is 0.472. The lowest BCUT2D eigenvalue weighted by atomic mass is 10.1. The standard InChI is InChI=1S/C18H17N3O/c1-4-16-15(17(5-1)21-14-6-7-14)8-10-20-18(16)22-12-13-3-2-9-19-11-13/h1-5,8-11,14,21H,6-7,12H2. The molecule has 1 fully saturated rings. The Labute approximate surface area is 129 Å². The van der Waals surface area contributed by atoms with Crippen LogP contribution in [0.15, 0.2) is 55.0 Å². The Kier molecular flexibility index (Phi) is 3.35. The minimum Gasteiger partial charge on any atom is -0.472 e. The number of ether oxygens (including phenoxy) is 1. The summed E-state index contributed by atoms with van der Waals surface area (Å²) >= 11 is 0. The van der Waals surface area contributed by atoms with Gasteiger partial charge in [-0.05, 0) is 37.1 Å². The second-order valence-electron chi connectivity index (χ2n) is 5.59. The highest BCUT2D eigenvalue weighted by molar-refractivity contribution is 5.96. The monoisotopic (exact) mass is 291 g/mol. The average molecular weight is 291 g/mol. The summed E-state index contributed by atoms with van der Waals surface area (Å²) in [4.78, 5) is 8.49. The largest absolute Gasteiger partial charge is 0.472 e. The van der Waals surface area contributed by atoms with Crippen LogP contribution >= 0.6 is 0 Å². The molecule has 2 heterocycles. The van der Waals surface area contributed by atoms with Crippen molar-refractivity contribution in [1.82, 2.24) is 9.97 Å². The Morgan fingerprint density at radius 3 is 2.82 bits per heavy atom. The van der Waals surface area contributed by atoms with E-state index in [-0.39, 0.29) is 0 Å². The summed E-state index contributed by atoms with van der Waals surface area (Å²) in [5, 5.41) is 5.76. The molecule has 0 bridgehead atoms. The summed E-state index contributed by atoms with van der Waals surface area (Å²) in [6.07, 6.45) is 7.89. The molecule has 1 aliphatic rings. The molecule has 0 amide bonds. The maximum absolute atomic E-state index is 5.90. The predicted octanol–water partition coefficient (Wildman–Crippen LogP) is 3.78. The minimum absolute atomic E-state index is 0.472. The SMILES string of the molecule is c1cncc(COc2nccc3c(NC4CC4)cccc23)c1. The number of anilines is 1. The van der Waals surface area contributed by atoms with Gasteiger partial charge in [-0.1, -0.05) is 12.1 Å². The van der Waals surface area contributed by atoms with Gasteiger partial charge in [-0.2, -0.15) is 0 Å². The van der Waals surface area contributed by atoms with Crippen molar-refractivity contribution in [3.8, 4) is 5.88 Å². The van der Waals surface area contributed by atoms with E-state index in [2.05, 4.69) is 27.4 Å². The number of benzene rings is 1. The van der Waals surface area contributed by atoms with Crippen molar-refractivity contribution in [3.63, 3.8) is 0 Å². The molecule has 1 aromatic carbocycles. The van der Waals surface area contributed by atoms with Gasteiger partial charge in [-0.3, -0.25) is 4.98 Å². The van der Waals surface area contributed by atoms with Crippen molar-refractivity contribution >= 4 is 16.5 Å². The van der Waals surface area contributed by atoms with Crippen LogP contribution in [-0.2, 0) is 6.61 Å². The van der Waals surface area contributed by atoms with Crippen LogP contribution in [0.2, 0.25) is 0 Å².